The zero-order chi connectivity index (χ0) is 13.8. The van der Waals surface area contributed by atoms with Crippen LogP contribution in [-0.4, -0.2) is 35.6 Å². The molecule has 1 aromatic rings. The number of oxime groups is 1. The first-order valence-electron chi connectivity index (χ1n) is 5.33. The second-order valence-electron chi connectivity index (χ2n) is 3.83. The van der Waals surface area contributed by atoms with E-state index in [1.165, 1.54) is 6.20 Å². The van der Waals surface area contributed by atoms with Gasteiger partial charge in [0.05, 0.1) is 0 Å². The Bertz CT molecular complexity index is 515. The van der Waals surface area contributed by atoms with Gasteiger partial charge >= 0.3 is 0 Å². The molecule has 0 aliphatic carbocycles. The van der Waals surface area contributed by atoms with Crippen molar-refractivity contribution in [3.8, 4) is 0 Å². The van der Waals surface area contributed by atoms with Crippen LogP contribution in [0.15, 0.2) is 16.4 Å². The number of imidazole rings is 1. The highest BCUT2D eigenvalue weighted by Crippen LogP contribution is 2.07. The maximum Gasteiger partial charge on any atom is 0.259 e. The van der Waals surface area contributed by atoms with E-state index in [0.717, 1.165) is 0 Å². The predicted molar refractivity (Wildman–Crippen MR) is 65.8 cm³/mol. The Morgan fingerprint density at radius 1 is 1.67 bits per heavy atom. The minimum Gasteiger partial charge on any atom is -0.409 e. The van der Waals surface area contributed by atoms with Crippen molar-refractivity contribution in [1.29, 1.82) is 0 Å². The Balaban J connectivity index is 2.55. The molecule has 0 spiro atoms. The molecule has 1 aromatic heterocycles. The summed E-state index contributed by atoms with van der Waals surface area (Å²) in [5.74, 6) is 0.690. The molecule has 1 rings (SSSR count). The first-order chi connectivity index (χ1) is 8.36. The largest absolute Gasteiger partial charge is 0.409 e. The molecule has 0 atom stereocenters. The quantitative estimate of drug-likeness (QED) is 0.213. The average molecular weight is 275 g/mol. The molecule has 0 unspecified atom stereocenters. The summed E-state index contributed by atoms with van der Waals surface area (Å²) in [6.45, 7) is 1.92. The second kappa shape index (κ2) is 5.83. The third-order valence-corrected chi connectivity index (χ3v) is 3.72. The van der Waals surface area contributed by atoms with Crippen molar-refractivity contribution in [2.24, 2.45) is 17.9 Å². The lowest BCUT2D eigenvalue weighted by Gasteiger charge is -2.03. The number of amidine groups is 1. The number of rotatable bonds is 6. The van der Waals surface area contributed by atoms with Gasteiger partial charge in [0.25, 0.3) is 10.0 Å². The summed E-state index contributed by atoms with van der Waals surface area (Å²) in [6.07, 6.45) is 2.21. The summed E-state index contributed by atoms with van der Waals surface area (Å²) < 4.78 is 27.7. The van der Waals surface area contributed by atoms with E-state index in [4.69, 9.17) is 10.9 Å². The molecule has 0 saturated heterocycles. The lowest BCUT2D eigenvalue weighted by atomic mass is 10.3. The van der Waals surface area contributed by atoms with Crippen LogP contribution in [0.25, 0.3) is 0 Å². The molecule has 1 heterocycles. The number of sulfonamides is 1. The van der Waals surface area contributed by atoms with E-state index in [2.05, 4.69) is 14.9 Å². The molecule has 0 radical (unpaired) electrons. The van der Waals surface area contributed by atoms with Gasteiger partial charge in [0.2, 0.25) is 0 Å². The van der Waals surface area contributed by atoms with Crippen LogP contribution in [0.4, 0.5) is 0 Å². The van der Waals surface area contributed by atoms with Crippen molar-refractivity contribution < 1.29 is 13.6 Å². The van der Waals surface area contributed by atoms with E-state index in [9.17, 15) is 8.42 Å². The standard InChI is InChI=1S/C9H17N5O3S/c1-7-12-9(6-14(7)2)18(16,17)11-5-3-4-8(10)13-15/h6,11,15H,3-5H2,1-2H3,(H2,10,13). The Kier molecular flexibility index (Phi) is 4.68. The van der Waals surface area contributed by atoms with Gasteiger partial charge in [0.15, 0.2) is 5.03 Å². The van der Waals surface area contributed by atoms with Crippen molar-refractivity contribution in [2.75, 3.05) is 6.54 Å². The van der Waals surface area contributed by atoms with Gasteiger partial charge in [0, 0.05) is 26.2 Å². The van der Waals surface area contributed by atoms with Gasteiger partial charge in [-0.25, -0.2) is 18.1 Å². The third kappa shape index (κ3) is 3.70. The molecule has 0 amide bonds. The minimum absolute atomic E-state index is 0.00806. The fourth-order valence-corrected chi connectivity index (χ4v) is 2.37. The van der Waals surface area contributed by atoms with Crippen LogP contribution >= 0.6 is 0 Å². The highest BCUT2D eigenvalue weighted by Gasteiger charge is 2.17. The van der Waals surface area contributed by atoms with Crippen LogP contribution in [0.3, 0.4) is 0 Å². The number of hydrogen-bond donors (Lipinski definition) is 3. The van der Waals surface area contributed by atoms with Gasteiger partial charge in [0.1, 0.15) is 11.7 Å². The van der Waals surface area contributed by atoms with Crippen molar-refractivity contribution in [2.45, 2.75) is 24.8 Å². The first kappa shape index (κ1) is 14.5. The van der Waals surface area contributed by atoms with Crippen molar-refractivity contribution in [1.82, 2.24) is 14.3 Å². The minimum atomic E-state index is -3.59. The van der Waals surface area contributed by atoms with E-state index in [1.54, 1.807) is 18.5 Å². The summed E-state index contributed by atoms with van der Waals surface area (Å²) in [6, 6.07) is 0. The number of aromatic nitrogens is 2. The average Bonchev–Trinajstić information content (AvgIpc) is 2.66. The maximum atomic E-state index is 11.8. The molecule has 102 valence electrons. The van der Waals surface area contributed by atoms with E-state index >= 15 is 0 Å². The lowest BCUT2D eigenvalue weighted by Crippen LogP contribution is -2.26. The molecule has 0 aliphatic heterocycles. The monoisotopic (exact) mass is 275 g/mol. The van der Waals surface area contributed by atoms with Gasteiger partial charge in [-0.05, 0) is 13.3 Å². The Morgan fingerprint density at radius 2 is 2.33 bits per heavy atom. The van der Waals surface area contributed by atoms with Crippen LogP contribution in [0, 0.1) is 6.92 Å². The van der Waals surface area contributed by atoms with Crippen LogP contribution in [-0.2, 0) is 17.1 Å². The van der Waals surface area contributed by atoms with Gasteiger partial charge < -0.3 is 15.5 Å². The van der Waals surface area contributed by atoms with E-state index in [1.807, 2.05) is 0 Å². The molecule has 0 aromatic carbocycles. The predicted octanol–water partition coefficient (Wildman–Crippen LogP) is -0.467. The van der Waals surface area contributed by atoms with E-state index < -0.39 is 10.0 Å². The number of nitrogens with two attached hydrogens (primary N) is 1. The van der Waals surface area contributed by atoms with Crippen molar-refractivity contribution in [3.63, 3.8) is 0 Å². The molecule has 0 saturated carbocycles. The Labute approximate surface area is 106 Å². The SMILES string of the molecule is Cc1nc(S(=O)(=O)NCCCC(N)=NO)cn1C. The Hall–Kier alpha value is -1.61. The van der Waals surface area contributed by atoms with Crippen molar-refractivity contribution in [3.05, 3.63) is 12.0 Å². The molecular weight excluding hydrogens is 258 g/mol. The fourth-order valence-electron chi connectivity index (χ4n) is 1.26. The third-order valence-electron chi connectivity index (χ3n) is 2.39. The normalized spacial score (nSPS) is 12.9. The van der Waals surface area contributed by atoms with Crippen LogP contribution in [0.5, 0.6) is 0 Å². The smallest absolute Gasteiger partial charge is 0.259 e. The molecular formula is C9H17N5O3S. The summed E-state index contributed by atoms with van der Waals surface area (Å²) in [7, 11) is -1.87. The topological polar surface area (TPSA) is 123 Å². The maximum absolute atomic E-state index is 11.8. The summed E-state index contributed by atoms with van der Waals surface area (Å²) in [4.78, 5) is 3.94. The summed E-state index contributed by atoms with van der Waals surface area (Å²) >= 11 is 0. The highest BCUT2D eigenvalue weighted by atomic mass is 32.2. The van der Waals surface area contributed by atoms with Gasteiger partial charge in [-0.1, -0.05) is 5.16 Å². The highest BCUT2D eigenvalue weighted by molar-refractivity contribution is 7.89. The zero-order valence-electron chi connectivity index (χ0n) is 10.3. The molecule has 4 N–H and O–H groups in total. The molecule has 9 heteroatoms. The van der Waals surface area contributed by atoms with Gasteiger partial charge in [-0.15, -0.1) is 0 Å². The lowest BCUT2D eigenvalue weighted by molar-refractivity contribution is 0.316. The number of nitrogens with zero attached hydrogens (tertiary/aromatic N) is 3. The molecule has 0 bridgehead atoms. The molecule has 0 fully saturated rings. The number of aryl methyl sites for hydroxylation is 2. The van der Waals surface area contributed by atoms with Crippen molar-refractivity contribution >= 4 is 15.9 Å². The first-order valence-corrected chi connectivity index (χ1v) is 6.81. The Morgan fingerprint density at radius 3 is 2.83 bits per heavy atom. The summed E-state index contributed by atoms with van der Waals surface area (Å²) in [5.41, 5.74) is 5.26. The summed E-state index contributed by atoms with van der Waals surface area (Å²) in [5, 5.41) is 11.1. The van der Waals surface area contributed by atoms with Crippen LogP contribution in [0.2, 0.25) is 0 Å². The molecule has 0 aliphatic rings. The van der Waals surface area contributed by atoms with Crippen LogP contribution < -0.4 is 10.5 Å². The number of hydrogen-bond acceptors (Lipinski definition) is 5. The van der Waals surface area contributed by atoms with Gasteiger partial charge in [-0.2, -0.15) is 0 Å². The number of nitrogens with one attached hydrogen (secondary N) is 1. The van der Waals surface area contributed by atoms with Crippen LogP contribution in [0.1, 0.15) is 18.7 Å². The molecule has 8 nitrogen and oxygen atoms in total. The zero-order valence-corrected chi connectivity index (χ0v) is 11.1. The molecule has 18 heavy (non-hydrogen) atoms. The van der Waals surface area contributed by atoms with Gasteiger partial charge in [-0.3, -0.25) is 0 Å². The second-order valence-corrected chi connectivity index (χ2v) is 5.54. The van der Waals surface area contributed by atoms with E-state index in [0.29, 0.717) is 18.7 Å². The fraction of sp³-hybridized carbons (Fsp3) is 0.556. The van der Waals surface area contributed by atoms with E-state index in [-0.39, 0.29) is 17.4 Å².